The molecule has 11 heteroatoms. The first-order valence-corrected chi connectivity index (χ1v) is 11.0. The topological polar surface area (TPSA) is 103 Å². The van der Waals surface area contributed by atoms with Gasteiger partial charge in [-0.2, -0.15) is 18.3 Å². The molecule has 35 heavy (non-hydrogen) atoms. The maximum Gasteiger partial charge on any atom is 0.433 e. The van der Waals surface area contributed by atoms with Gasteiger partial charge in [-0.1, -0.05) is 12.1 Å². The summed E-state index contributed by atoms with van der Waals surface area (Å²) < 4.78 is 46.3. The molecule has 186 valence electrons. The SMILES string of the molecule is Cc1cc(-c2cc(C(F)(F)F)n(C)n2)ccc1OCc1c(C2CC2)cccc1N(N)C(=O)N(C)N. The van der Waals surface area contributed by atoms with Gasteiger partial charge in [0.1, 0.15) is 18.1 Å². The number of carbonyl (C=O) groups is 1. The second-order valence-corrected chi connectivity index (χ2v) is 8.69. The van der Waals surface area contributed by atoms with Crippen LogP contribution in [0.2, 0.25) is 0 Å². The van der Waals surface area contributed by atoms with Gasteiger partial charge in [0.25, 0.3) is 0 Å². The standard InChI is InChI=1S/C24H27F3N6O2/c1-14-11-16(19-12-22(24(25,26)27)32(3)30-19)9-10-21(14)35-13-18-17(15-7-8-15)5-4-6-20(18)33(29)23(34)31(2)28/h4-6,9-12,15H,7-8,13,28-29H2,1-3H3. The molecule has 3 aromatic rings. The molecule has 1 saturated carbocycles. The van der Waals surface area contributed by atoms with Gasteiger partial charge in [0.15, 0.2) is 0 Å². The number of benzene rings is 2. The molecule has 0 bridgehead atoms. The average Bonchev–Trinajstić information content (AvgIpc) is 3.56. The first kappa shape index (κ1) is 24.6. The van der Waals surface area contributed by atoms with Crippen LogP contribution in [0.1, 0.15) is 41.1 Å². The van der Waals surface area contributed by atoms with Gasteiger partial charge in [-0.15, -0.1) is 0 Å². The van der Waals surface area contributed by atoms with Crippen molar-refractivity contribution in [3.8, 4) is 17.0 Å². The van der Waals surface area contributed by atoms with Crippen LogP contribution >= 0.6 is 0 Å². The number of urea groups is 1. The lowest BCUT2D eigenvalue weighted by molar-refractivity contribution is -0.143. The third kappa shape index (κ3) is 5.10. The lowest BCUT2D eigenvalue weighted by atomic mass is 10.0. The fourth-order valence-corrected chi connectivity index (χ4v) is 4.02. The molecule has 4 rings (SSSR count). The minimum atomic E-state index is -4.48. The van der Waals surface area contributed by atoms with Crippen LogP contribution < -0.4 is 21.4 Å². The molecule has 1 aliphatic carbocycles. The van der Waals surface area contributed by atoms with Crippen molar-refractivity contribution in [2.24, 2.45) is 18.7 Å². The number of aromatic nitrogens is 2. The van der Waals surface area contributed by atoms with Crippen LogP contribution in [0.3, 0.4) is 0 Å². The maximum atomic E-state index is 13.1. The minimum absolute atomic E-state index is 0.152. The largest absolute Gasteiger partial charge is 0.489 e. The van der Waals surface area contributed by atoms with E-state index < -0.39 is 17.9 Å². The second kappa shape index (κ2) is 9.23. The summed E-state index contributed by atoms with van der Waals surface area (Å²) in [5.74, 6) is 12.6. The maximum absolute atomic E-state index is 13.1. The number of nitrogens with zero attached hydrogens (tertiary/aromatic N) is 4. The highest BCUT2D eigenvalue weighted by atomic mass is 19.4. The molecule has 0 radical (unpaired) electrons. The first-order chi connectivity index (χ1) is 16.5. The zero-order valence-electron chi connectivity index (χ0n) is 19.6. The van der Waals surface area contributed by atoms with Crippen molar-refractivity contribution in [2.45, 2.75) is 38.5 Å². The molecule has 1 heterocycles. The zero-order chi connectivity index (χ0) is 25.5. The molecule has 2 aromatic carbocycles. The average molecular weight is 489 g/mol. The number of anilines is 1. The second-order valence-electron chi connectivity index (χ2n) is 8.69. The number of carbonyl (C=O) groups excluding carboxylic acids is 1. The number of nitrogens with two attached hydrogens (primary N) is 2. The molecule has 8 nitrogen and oxygen atoms in total. The van der Waals surface area contributed by atoms with E-state index in [1.165, 1.54) is 14.1 Å². The van der Waals surface area contributed by atoms with E-state index >= 15 is 0 Å². The number of alkyl halides is 3. The predicted molar refractivity (Wildman–Crippen MR) is 125 cm³/mol. The van der Waals surface area contributed by atoms with Gasteiger partial charge in [0.05, 0.1) is 11.4 Å². The Balaban J connectivity index is 1.59. The number of hydrogen-bond donors (Lipinski definition) is 2. The van der Waals surface area contributed by atoms with E-state index in [2.05, 4.69) is 5.10 Å². The van der Waals surface area contributed by atoms with Crippen LogP contribution in [0.25, 0.3) is 11.3 Å². The molecule has 0 spiro atoms. The van der Waals surface area contributed by atoms with E-state index in [4.69, 9.17) is 16.4 Å². The number of hydrogen-bond acceptors (Lipinski definition) is 5. The van der Waals surface area contributed by atoms with Crippen molar-refractivity contribution >= 4 is 11.7 Å². The Bertz CT molecular complexity index is 1250. The highest BCUT2D eigenvalue weighted by molar-refractivity contribution is 5.91. The predicted octanol–water partition coefficient (Wildman–Crippen LogP) is 4.48. The van der Waals surface area contributed by atoms with E-state index in [9.17, 15) is 18.0 Å². The van der Waals surface area contributed by atoms with Gasteiger partial charge in [-0.05, 0) is 67.1 Å². The minimum Gasteiger partial charge on any atom is -0.489 e. The van der Waals surface area contributed by atoms with Gasteiger partial charge in [-0.25, -0.2) is 21.5 Å². The lowest BCUT2D eigenvalue weighted by Crippen LogP contribution is -2.49. The number of hydrazine groups is 2. The van der Waals surface area contributed by atoms with Crippen molar-refractivity contribution in [1.29, 1.82) is 0 Å². The Kier molecular flexibility index (Phi) is 6.48. The smallest absolute Gasteiger partial charge is 0.433 e. The summed E-state index contributed by atoms with van der Waals surface area (Å²) in [5, 5.41) is 5.90. The van der Waals surface area contributed by atoms with Crippen molar-refractivity contribution in [3.63, 3.8) is 0 Å². The quantitative estimate of drug-likeness (QED) is 0.303. The summed E-state index contributed by atoms with van der Waals surface area (Å²) in [6.45, 7) is 1.96. The van der Waals surface area contributed by atoms with Crippen molar-refractivity contribution in [3.05, 3.63) is 64.8 Å². The van der Waals surface area contributed by atoms with Crippen LogP contribution in [0.15, 0.2) is 42.5 Å². The lowest BCUT2D eigenvalue weighted by Gasteiger charge is -2.25. The molecule has 0 saturated heterocycles. The molecular formula is C24H27F3N6O2. The molecule has 1 fully saturated rings. The molecule has 0 aliphatic heterocycles. The number of aryl methyl sites for hydroxylation is 2. The molecular weight excluding hydrogens is 461 g/mol. The van der Waals surface area contributed by atoms with Crippen LogP contribution in [-0.4, -0.2) is 27.9 Å². The van der Waals surface area contributed by atoms with E-state index in [0.29, 0.717) is 22.9 Å². The molecule has 0 unspecified atom stereocenters. The number of amides is 2. The molecule has 1 aliphatic rings. The Hall–Kier alpha value is -3.57. The Morgan fingerprint density at radius 3 is 2.49 bits per heavy atom. The van der Waals surface area contributed by atoms with Gasteiger partial charge >= 0.3 is 12.2 Å². The zero-order valence-corrected chi connectivity index (χ0v) is 19.6. The van der Waals surface area contributed by atoms with Crippen LogP contribution in [-0.2, 0) is 19.8 Å². The number of rotatable bonds is 6. The first-order valence-electron chi connectivity index (χ1n) is 11.0. The summed E-state index contributed by atoms with van der Waals surface area (Å²) >= 11 is 0. The highest BCUT2D eigenvalue weighted by Gasteiger charge is 2.35. The third-order valence-corrected chi connectivity index (χ3v) is 5.99. The summed E-state index contributed by atoms with van der Waals surface area (Å²) in [4.78, 5) is 12.4. The van der Waals surface area contributed by atoms with E-state index in [-0.39, 0.29) is 12.3 Å². The van der Waals surface area contributed by atoms with Gasteiger partial charge in [-0.3, -0.25) is 9.69 Å². The Morgan fingerprint density at radius 1 is 1.20 bits per heavy atom. The van der Waals surface area contributed by atoms with Crippen LogP contribution in [0, 0.1) is 6.92 Å². The van der Waals surface area contributed by atoms with Gasteiger partial charge in [0.2, 0.25) is 0 Å². The van der Waals surface area contributed by atoms with E-state index in [1.807, 2.05) is 19.1 Å². The molecule has 2 amide bonds. The fourth-order valence-electron chi connectivity index (χ4n) is 4.02. The summed E-state index contributed by atoms with van der Waals surface area (Å²) in [6.07, 6.45) is -2.39. The highest BCUT2D eigenvalue weighted by Crippen LogP contribution is 2.44. The normalized spacial score (nSPS) is 13.6. The molecule has 0 atom stereocenters. The summed E-state index contributed by atoms with van der Waals surface area (Å²) in [6, 6.07) is 11.1. The van der Waals surface area contributed by atoms with Gasteiger partial charge in [0, 0.05) is 25.2 Å². The van der Waals surface area contributed by atoms with Crippen molar-refractivity contribution in [1.82, 2.24) is 14.8 Å². The monoisotopic (exact) mass is 488 g/mol. The Morgan fingerprint density at radius 2 is 1.91 bits per heavy atom. The Labute approximate surface area is 200 Å². The van der Waals surface area contributed by atoms with Crippen molar-refractivity contribution < 1.29 is 22.7 Å². The van der Waals surface area contributed by atoms with E-state index in [1.54, 1.807) is 24.3 Å². The van der Waals surface area contributed by atoms with E-state index in [0.717, 1.165) is 50.3 Å². The van der Waals surface area contributed by atoms with Gasteiger partial charge < -0.3 is 4.74 Å². The fraction of sp³-hybridized carbons (Fsp3) is 0.333. The summed E-state index contributed by atoms with van der Waals surface area (Å²) in [7, 11) is 2.67. The third-order valence-electron chi connectivity index (χ3n) is 5.99. The van der Waals surface area contributed by atoms with Crippen LogP contribution in [0.4, 0.5) is 23.7 Å². The summed E-state index contributed by atoms with van der Waals surface area (Å²) in [5.41, 5.74) is 3.03. The number of ether oxygens (including phenoxy) is 1. The molecule has 1 aromatic heterocycles. The van der Waals surface area contributed by atoms with Crippen LogP contribution in [0.5, 0.6) is 5.75 Å². The van der Waals surface area contributed by atoms with Crippen molar-refractivity contribution in [2.75, 3.05) is 12.1 Å². The molecule has 4 N–H and O–H groups in total. The number of halogens is 3.